The number of nitrogens with zero attached hydrogens (tertiary/aromatic N) is 2. The van der Waals surface area contributed by atoms with Crippen molar-refractivity contribution >= 4 is 41.0 Å². The number of anilines is 1. The quantitative estimate of drug-likeness (QED) is 0.433. The fraction of sp³-hybridized carbons (Fsp3) is 0.481. The topological polar surface area (TPSA) is 125 Å². The summed E-state index contributed by atoms with van der Waals surface area (Å²) in [5.41, 5.74) is -0.955. The molecule has 5 rings (SSSR count). The number of rotatable bonds is 3. The molecule has 1 aromatic rings. The number of aliphatic hydroxyl groups is 1. The van der Waals surface area contributed by atoms with Crippen molar-refractivity contribution in [3.05, 3.63) is 53.6 Å². The molecule has 10 nitrogen and oxygen atoms in total. The number of allylic oxidation sites excluding steroid dienone is 1. The van der Waals surface area contributed by atoms with Crippen LogP contribution in [-0.4, -0.2) is 83.8 Å². The summed E-state index contributed by atoms with van der Waals surface area (Å²) < 4.78 is 11.9. The number of likely N-dealkylation sites (tertiary alicyclic amines) is 1. The number of amides is 3. The number of nitrogens with one attached hydrogen (secondary N) is 1. The van der Waals surface area contributed by atoms with Crippen LogP contribution < -0.4 is 10.2 Å². The van der Waals surface area contributed by atoms with Gasteiger partial charge in [-0.3, -0.25) is 19.2 Å². The minimum absolute atomic E-state index is 0.105. The lowest BCUT2D eigenvalue weighted by Crippen LogP contribution is -2.56. The van der Waals surface area contributed by atoms with Gasteiger partial charge in [0.15, 0.2) is 0 Å². The second-order valence-corrected chi connectivity index (χ2v) is 10.3. The molecule has 5 bridgehead atoms. The molecule has 0 aliphatic carbocycles. The van der Waals surface area contributed by atoms with Crippen molar-refractivity contribution in [3.63, 3.8) is 0 Å². The summed E-state index contributed by atoms with van der Waals surface area (Å²) in [5, 5.41) is 12.9. The van der Waals surface area contributed by atoms with Crippen molar-refractivity contribution in [2.45, 2.75) is 43.6 Å². The van der Waals surface area contributed by atoms with Crippen LogP contribution in [0.1, 0.15) is 19.8 Å². The fourth-order valence-corrected chi connectivity index (χ4v) is 6.10. The molecule has 1 spiro atoms. The van der Waals surface area contributed by atoms with E-state index in [1.54, 1.807) is 55.5 Å². The molecule has 2 N–H and O–H groups in total. The van der Waals surface area contributed by atoms with Crippen LogP contribution in [0.4, 0.5) is 5.69 Å². The Morgan fingerprint density at radius 1 is 1.16 bits per heavy atom. The van der Waals surface area contributed by atoms with Crippen LogP contribution in [-0.2, 0) is 28.7 Å². The summed E-state index contributed by atoms with van der Waals surface area (Å²) in [6.07, 6.45) is 6.26. The molecular weight excluding hydrogens is 514 g/mol. The van der Waals surface area contributed by atoms with Gasteiger partial charge in [-0.25, -0.2) is 0 Å². The van der Waals surface area contributed by atoms with Crippen molar-refractivity contribution in [2.75, 3.05) is 31.1 Å². The largest absolute Gasteiger partial charge is 0.460 e. The van der Waals surface area contributed by atoms with Gasteiger partial charge < -0.3 is 29.7 Å². The molecule has 2 fully saturated rings. The van der Waals surface area contributed by atoms with Crippen LogP contribution in [0.3, 0.4) is 0 Å². The van der Waals surface area contributed by atoms with Crippen molar-refractivity contribution in [3.8, 4) is 0 Å². The second kappa shape index (κ2) is 10.5. The van der Waals surface area contributed by atoms with E-state index < -0.39 is 53.5 Å². The van der Waals surface area contributed by atoms with Crippen molar-refractivity contribution in [2.24, 2.45) is 11.8 Å². The predicted molar refractivity (Wildman–Crippen MR) is 137 cm³/mol. The number of hydrogen-bond acceptors (Lipinski definition) is 7. The smallest absolute Gasteiger partial charge is 0.313 e. The summed E-state index contributed by atoms with van der Waals surface area (Å²) in [4.78, 5) is 56.5. The molecule has 6 atom stereocenters. The van der Waals surface area contributed by atoms with Crippen molar-refractivity contribution in [1.82, 2.24) is 10.2 Å². The van der Waals surface area contributed by atoms with Crippen LogP contribution in [0.15, 0.2) is 48.6 Å². The van der Waals surface area contributed by atoms with Gasteiger partial charge in [-0.2, -0.15) is 0 Å². The first-order chi connectivity index (χ1) is 18.3. The zero-order valence-corrected chi connectivity index (χ0v) is 21.7. The van der Waals surface area contributed by atoms with Gasteiger partial charge in [-0.1, -0.05) is 48.0 Å². The van der Waals surface area contributed by atoms with E-state index in [2.05, 4.69) is 5.32 Å². The molecule has 0 unspecified atom stereocenters. The van der Waals surface area contributed by atoms with Crippen LogP contribution in [0.2, 0.25) is 5.02 Å². The van der Waals surface area contributed by atoms with Gasteiger partial charge in [0, 0.05) is 19.5 Å². The summed E-state index contributed by atoms with van der Waals surface area (Å²) in [6.45, 7) is 1.44. The number of cyclic esters (lactones) is 1. The van der Waals surface area contributed by atoms with E-state index in [0.717, 1.165) is 0 Å². The Hall–Kier alpha value is -3.21. The maximum absolute atomic E-state index is 14.4. The lowest BCUT2D eigenvalue weighted by atomic mass is 9.74. The molecule has 38 heavy (non-hydrogen) atoms. The maximum atomic E-state index is 14.4. The standard InChI is InChI=1S/C27H30ClN3O7/c1-16-15-29-20(33)9-3-2-6-12-30(18-8-5-4-7-17(18)28)25(35)23-27-11-10-19(38-27)21(26(36)37-16)22(27)24(34)31(23)13-14-32/h2,4-8,10-11,16,19,21-23,32H,3,9,12-15H2,1H3,(H,29,33)/b6-2-/t16-,19+,21-,22-,23+,27-/m0/s1. The third kappa shape index (κ3) is 4.40. The molecule has 4 heterocycles. The maximum Gasteiger partial charge on any atom is 0.313 e. The number of halogens is 1. The molecule has 11 heteroatoms. The highest BCUT2D eigenvalue weighted by atomic mass is 35.5. The minimum atomic E-state index is -1.40. The van der Waals surface area contributed by atoms with Gasteiger partial charge in [0.25, 0.3) is 5.91 Å². The van der Waals surface area contributed by atoms with E-state index in [4.69, 9.17) is 21.1 Å². The number of carbonyl (C=O) groups excluding carboxylic acids is 4. The summed E-state index contributed by atoms with van der Waals surface area (Å²) in [5.74, 6) is -3.70. The SMILES string of the molecule is C[C@H]1CNC(=O)CC/C=C\CN(c2ccccc2Cl)C(=O)[C@H]2N(CCO)C(=O)[C@@H]3[C@@H](C(=O)O1)[C@H]1C=C[C@]32O1. The first-order valence-corrected chi connectivity index (χ1v) is 13.1. The van der Waals surface area contributed by atoms with E-state index >= 15 is 0 Å². The van der Waals surface area contributed by atoms with Gasteiger partial charge in [-0.15, -0.1) is 0 Å². The molecule has 2 saturated heterocycles. The van der Waals surface area contributed by atoms with Crippen LogP contribution in [0, 0.1) is 11.8 Å². The van der Waals surface area contributed by atoms with Gasteiger partial charge in [0.2, 0.25) is 11.8 Å². The van der Waals surface area contributed by atoms with Crippen molar-refractivity contribution in [1.29, 1.82) is 0 Å². The number of ether oxygens (including phenoxy) is 2. The summed E-state index contributed by atoms with van der Waals surface area (Å²) in [6, 6.07) is 5.74. The lowest BCUT2D eigenvalue weighted by Gasteiger charge is -2.36. The molecule has 4 aliphatic heterocycles. The third-order valence-corrected chi connectivity index (χ3v) is 7.85. The number of fused-ring (bicyclic) bond motifs is 2. The zero-order chi connectivity index (χ0) is 27.0. The van der Waals surface area contributed by atoms with Gasteiger partial charge in [0.05, 0.1) is 35.9 Å². The molecule has 202 valence electrons. The molecule has 3 amide bonds. The second-order valence-electron chi connectivity index (χ2n) is 9.92. The summed E-state index contributed by atoms with van der Waals surface area (Å²) >= 11 is 6.49. The highest BCUT2D eigenvalue weighted by Crippen LogP contribution is 2.55. The van der Waals surface area contributed by atoms with E-state index in [0.29, 0.717) is 17.1 Å². The third-order valence-electron chi connectivity index (χ3n) is 7.53. The Morgan fingerprint density at radius 2 is 1.95 bits per heavy atom. The lowest BCUT2D eigenvalue weighted by molar-refractivity contribution is -0.158. The molecule has 0 aromatic heterocycles. The molecular formula is C27H30ClN3O7. The van der Waals surface area contributed by atoms with Gasteiger partial charge >= 0.3 is 5.97 Å². The number of esters is 1. The van der Waals surface area contributed by atoms with Crippen LogP contribution in [0.5, 0.6) is 0 Å². The number of β-amino-alcohol motifs (C(OH)–C–C–N with tert-alkyl or cyclic N) is 1. The van der Waals surface area contributed by atoms with Gasteiger partial charge in [0.1, 0.15) is 23.7 Å². The highest BCUT2D eigenvalue weighted by molar-refractivity contribution is 6.34. The van der Waals surface area contributed by atoms with E-state index in [9.17, 15) is 24.3 Å². The fourth-order valence-electron chi connectivity index (χ4n) is 5.87. The summed E-state index contributed by atoms with van der Waals surface area (Å²) in [7, 11) is 0. The first-order valence-electron chi connectivity index (χ1n) is 12.7. The number of aliphatic hydroxyl groups excluding tert-OH is 1. The number of para-hydroxylation sites is 1. The van der Waals surface area contributed by atoms with Crippen LogP contribution >= 0.6 is 11.6 Å². The van der Waals surface area contributed by atoms with E-state index in [-0.39, 0.29) is 38.6 Å². The number of benzene rings is 1. The average molecular weight is 544 g/mol. The Labute approximate surface area is 225 Å². The Kier molecular flexibility index (Phi) is 7.30. The Bertz CT molecular complexity index is 1200. The Morgan fingerprint density at radius 3 is 2.71 bits per heavy atom. The molecule has 1 aromatic carbocycles. The van der Waals surface area contributed by atoms with E-state index in [1.807, 2.05) is 0 Å². The minimum Gasteiger partial charge on any atom is -0.460 e. The van der Waals surface area contributed by atoms with E-state index in [1.165, 1.54) is 9.80 Å². The molecule has 4 aliphatic rings. The molecule has 0 radical (unpaired) electrons. The van der Waals surface area contributed by atoms with Crippen molar-refractivity contribution < 1.29 is 33.8 Å². The monoisotopic (exact) mass is 543 g/mol. The molecule has 0 saturated carbocycles. The highest BCUT2D eigenvalue weighted by Gasteiger charge is 2.73. The predicted octanol–water partition coefficient (Wildman–Crippen LogP) is 1.21. The number of hydrogen-bond donors (Lipinski definition) is 2. The Balaban J connectivity index is 1.59. The average Bonchev–Trinajstić information content (AvgIpc) is 3.53. The van der Waals surface area contributed by atoms with Gasteiger partial charge in [-0.05, 0) is 25.5 Å². The first kappa shape index (κ1) is 26.4. The zero-order valence-electron chi connectivity index (χ0n) is 20.9. The normalized spacial score (nSPS) is 34.3. The number of carbonyl (C=O) groups is 4. The van der Waals surface area contributed by atoms with Crippen LogP contribution in [0.25, 0.3) is 0 Å².